The van der Waals surface area contributed by atoms with E-state index in [-0.39, 0.29) is 5.91 Å². The van der Waals surface area contributed by atoms with Crippen LogP contribution >= 0.6 is 0 Å². The zero-order valence-corrected chi connectivity index (χ0v) is 20.6. The molecule has 6 nitrogen and oxygen atoms in total. The molecule has 5 rings (SSSR count). The first kappa shape index (κ1) is 23.5. The van der Waals surface area contributed by atoms with Crippen LogP contribution in [0.3, 0.4) is 0 Å². The zero-order chi connectivity index (χ0) is 24.9. The van der Waals surface area contributed by atoms with Gasteiger partial charge in [0.2, 0.25) is 0 Å². The second kappa shape index (κ2) is 10.5. The number of amides is 1. The quantitative estimate of drug-likeness (QED) is 0.307. The molecule has 2 aromatic heterocycles. The molecule has 0 spiro atoms. The molecule has 3 aromatic carbocycles. The van der Waals surface area contributed by atoms with E-state index in [9.17, 15) is 4.79 Å². The molecular weight excluding hydrogens is 446 g/mol. The summed E-state index contributed by atoms with van der Waals surface area (Å²) in [6.07, 6.45) is 3.38. The number of carbonyl (C=O) groups is 1. The summed E-state index contributed by atoms with van der Waals surface area (Å²) >= 11 is 0. The zero-order valence-electron chi connectivity index (χ0n) is 20.6. The van der Waals surface area contributed by atoms with E-state index < -0.39 is 0 Å². The Balaban J connectivity index is 1.46. The first-order valence-electron chi connectivity index (χ1n) is 12.1. The molecule has 0 aliphatic heterocycles. The summed E-state index contributed by atoms with van der Waals surface area (Å²) in [5.41, 5.74) is 6.39. The van der Waals surface area contributed by atoms with Crippen molar-refractivity contribution in [2.45, 2.75) is 6.54 Å². The van der Waals surface area contributed by atoms with Crippen LogP contribution in [0.1, 0.15) is 15.9 Å². The van der Waals surface area contributed by atoms with Gasteiger partial charge < -0.3 is 9.80 Å². The standard InChI is InChI=1S/C30H29N5O/c1-33(2)19-20-34(22-23-9-5-3-6-10-23)30(36)27-21-32-35-28(17-18-31-29(27)35)26-15-13-25(14-16-26)24-11-7-4-8-12-24/h3-18,21H,19-20,22H2,1-2H3. The molecule has 36 heavy (non-hydrogen) atoms. The SMILES string of the molecule is CN(C)CCN(Cc1ccccc1)C(=O)c1cnn2c(-c3ccc(-c4ccccc4)cc3)ccnc12. The fraction of sp³-hybridized carbons (Fsp3) is 0.167. The molecule has 0 atom stereocenters. The summed E-state index contributed by atoms with van der Waals surface area (Å²) in [5.74, 6) is -0.0696. The minimum absolute atomic E-state index is 0.0696. The third kappa shape index (κ3) is 5.04. The third-order valence-electron chi connectivity index (χ3n) is 6.24. The van der Waals surface area contributed by atoms with Gasteiger partial charge in [-0.2, -0.15) is 5.10 Å². The molecule has 0 aliphatic carbocycles. The third-order valence-corrected chi connectivity index (χ3v) is 6.24. The van der Waals surface area contributed by atoms with Crippen molar-refractivity contribution in [1.82, 2.24) is 24.4 Å². The lowest BCUT2D eigenvalue weighted by molar-refractivity contribution is 0.0733. The molecule has 5 aromatic rings. The monoisotopic (exact) mass is 475 g/mol. The van der Waals surface area contributed by atoms with Gasteiger partial charge in [-0.25, -0.2) is 9.50 Å². The van der Waals surface area contributed by atoms with Gasteiger partial charge >= 0.3 is 0 Å². The van der Waals surface area contributed by atoms with E-state index in [1.807, 2.05) is 73.6 Å². The maximum Gasteiger partial charge on any atom is 0.259 e. The first-order chi connectivity index (χ1) is 17.6. The Hall–Kier alpha value is -4.29. The Morgan fingerprint density at radius 1 is 0.778 bits per heavy atom. The molecule has 6 heteroatoms. The van der Waals surface area contributed by atoms with Crippen molar-refractivity contribution in [1.29, 1.82) is 0 Å². The van der Waals surface area contributed by atoms with Crippen molar-refractivity contribution < 1.29 is 4.79 Å². The van der Waals surface area contributed by atoms with Crippen LogP contribution in [0.25, 0.3) is 28.0 Å². The topological polar surface area (TPSA) is 53.7 Å². The fourth-order valence-electron chi connectivity index (χ4n) is 4.27. The minimum atomic E-state index is -0.0696. The maximum atomic E-state index is 13.7. The molecule has 0 saturated heterocycles. The highest BCUT2D eigenvalue weighted by molar-refractivity contribution is 6.00. The van der Waals surface area contributed by atoms with Gasteiger partial charge in [-0.3, -0.25) is 4.79 Å². The molecule has 0 N–H and O–H groups in total. The van der Waals surface area contributed by atoms with E-state index in [0.717, 1.165) is 28.9 Å². The maximum absolute atomic E-state index is 13.7. The molecule has 1 amide bonds. The van der Waals surface area contributed by atoms with Gasteiger partial charge in [0.05, 0.1) is 11.9 Å². The molecule has 0 saturated carbocycles. The Morgan fingerprint density at radius 2 is 1.42 bits per heavy atom. The Labute approximate surface area is 211 Å². The number of carbonyl (C=O) groups excluding carboxylic acids is 1. The van der Waals surface area contributed by atoms with Gasteiger partial charge in [0.15, 0.2) is 5.65 Å². The van der Waals surface area contributed by atoms with Crippen molar-refractivity contribution in [3.05, 3.63) is 115 Å². The van der Waals surface area contributed by atoms with Crippen LogP contribution in [0, 0.1) is 0 Å². The van der Waals surface area contributed by atoms with Gasteiger partial charge in [0.25, 0.3) is 5.91 Å². The van der Waals surface area contributed by atoms with Crippen LogP contribution in [-0.2, 0) is 6.54 Å². The number of rotatable bonds is 8. The van der Waals surface area contributed by atoms with Crippen molar-refractivity contribution in [3.8, 4) is 22.4 Å². The van der Waals surface area contributed by atoms with Crippen LogP contribution in [0.4, 0.5) is 0 Å². The number of fused-ring (bicyclic) bond motifs is 1. The molecule has 0 fully saturated rings. The van der Waals surface area contributed by atoms with E-state index in [2.05, 4.69) is 51.4 Å². The summed E-state index contributed by atoms with van der Waals surface area (Å²) in [6, 6.07) is 30.7. The van der Waals surface area contributed by atoms with Crippen molar-refractivity contribution in [3.63, 3.8) is 0 Å². The van der Waals surface area contributed by atoms with E-state index in [4.69, 9.17) is 0 Å². The van der Waals surface area contributed by atoms with Gasteiger partial charge in [0, 0.05) is 31.4 Å². The number of benzene rings is 3. The van der Waals surface area contributed by atoms with Crippen LogP contribution in [0.2, 0.25) is 0 Å². The van der Waals surface area contributed by atoms with Crippen LogP contribution in [-0.4, -0.2) is 57.5 Å². The highest BCUT2D eigenvalue weighted by Crippen LogP contribution is 2.26. The second-order valence-electron chi connectivity index (χ2n) is 9.08. The normalized spacial score (nSPS) is 11.2. The summed E-state index contributed by atoms with van der Waals surface area (Å²) < 4.78 is 1.76. The second-order valence-corrected chi connectivity index (χ2v) is 9.08. The number of aromatic nitrogens is 3. The molecule has 180 valence electrons. The first-order valence-corrected chi connectivity index (χ1v) is 12.1. The van der Waals surface area contributed by atoms with Crippen LogP contribution < -0.4 is 0 Å². The van der Waals surface area contributed by atoms with E-state index >= 15 is 0 Å². The molecule has 2 heterocycles. The lowest BCUT2D eigenvalue weighted by atomic mass is 10.0. The summed E-state index contributed by atoms with van der Waals surface area (Å²) in [6.45, 7) is 1.91. The van der Waals surface area contributed by atoms with Crippen molar-refractivity contribution >= 4 is 11.6 Å². The smallest absolute Gasteiger partial charge is 0.259 e. The number of hydrogen-bond donors (Lipinski definition) is 0. The minimum Gasteiger partial charge on any atom is -0.333 e. The van der Waals surface area contributed by atoms with Gasteiger partial charge in [-0.05, 0) is 36.9 Å². The summed E-state index contributed by atoms with van der Waals surface area (Å²) in [7, 11) is 4.02. The number of nitrogens with zero attached hydrogens (tertiary/aromatic N) is 5. The molecular formula is C30H29N5O. The fourth-order valence-corrected chi connectivity index (χ4v) is 4.27. The Morgan fingerprint density at radius 3 is 2.11 bits per heavy atom. The van der Waals surface area contributed by atoms with Crippen LogP contribution in [0.15, 0.2) is 103 Å². The summed E-state index contributed by atoms with van der Waals surface area (Å²) in [5, 5.41) is 4.58. The molecule has 0 bridgehead atoms. The average Bonchev–Trinajstić information content (AvgIpc) is 3.36. The lowest BCUT2D eigenvalue weighted by Gasteiger charge is -2.24. The number of hydrogen-bond acceptors (Lipinski definition) is 4. The van der Waals surface area contributed by atoms with Crippen molar-refractivity contribution in [2.75, 3.05) is 27.2 Å². The molecule has 0 radical (unpaired) electrons. The average molecular weight is 476 g/mol. The Kier molecular flexibility index (Phi) is 6.87. The summed E-state index contributed by atoms with van der Waals surface area (Å²) in [4.78, 5) is 22.2. The van der Waals surface area contributed by atoms with Crippen molar-refractivity contribution in [2.24, 2.45) is 0 Å². The van der Waals surface area contributed by atoms with Gasteiger partial charge in [-0.1, -0.05) is 84.9 Å². The van der Waals surface area contributed by atoms with Gasteiger partial charge in [-0.15, -0.1) is 0 Å². The van der Waals surface area contributed by atoms with Gasteiger partial charge in [0.1, 0.15) is 5.56 Å². The van der Waals surface area contributed by atoms with E-state index in [1.165, 1.54) is 5.56 Å². The highest BCUT2D eigenvalue weighted by atomic mass is 16.2. The predicted molar refractivity (Wildman–Crippen MR) is 144 cm³/mol. The number of likely N-dealkylation sites (N-methyl/N-ethyl adjacent to an activating group) is 1. The molecule has 0 aliphatic rings. The molecule has 0 unspecified atom stereocenters. The van der Waals surface area contributed by atoms with E-state index in [0.29, 0.717) is 24.3 Å². The highest BCUT2D eigenvalue weighted by Gasteiger charge is 2.22. The van der Waals surface area contributed by atoms with Crippen LogP contribution in [0.5, 0.6) is 0 Å². The lowest BCUT2D eigenvalue weighted by Crippen LogP contribution is -2.36. The largest absolute Gasteiger partial charge is 0.333 e. The van der Waals surface area contributed by atoms with E-state index in [1.54, 1.807) is 16.9 Å². The Bertz CT molecular complexity index is 1440. The predicted octanol–water partition coefficient (Wildman–Crippen LogP) is 5.27.